The molecule has 0 unspecified atom stereocenters. The van der Waals surface area contributed by atoms with E-state index < -0.39 is 15.8 Å². The molecule has 1 aromatic heterocycles. The number of aromatic nitrogens is 2. The van der Waals surface area contributed by atoms with Gasteiger partial charge in [-0.2, -0.15) is 0 Å². The van der Waals surface area contributed by atoms with Gasteiger partial charge in [0, 0.05) is 14.1 Å². The predicted octanol–water partition coefficient (Wildman–Crippen LogP) is 2.47. The van der Waals surface area contributed by atoms with Crippen LogP contribution in [0, 0.1) is 5.82 Å². The third-order valence-electron chi connectivity index (χ3n) is 3.73. The molecule has 0 saturated carbocycles. The number of sulfonamides is 1. The van der Waals surface area contributed by atoms with Crippen molar-refractivity contribution in [2.75, 3.05) is 4.72 Å². The van der Waals surface area contributed by atoms with E-state index in [2.05, 4.69) is 4.72 Å². The second-order valence-electron chi connectivity index (χ2n) is 5.28. The zero-order valence-corrected chi connectivity index (χ0v) is 14.3. The first kappa shape index (κ1) is 16.5. The fourth-order valence-corrected chi connectivity index (χ4v) is 3.75. The number of imidazole rings is 1. The van der Waals surface area contributed by atoms with Crippen LogP contribution in [0.2, 0.25) is 5.02 Å². The highest BCUT2D eigenvalue weighted by Crippen LogP contribution is 2.29. The van der Waals surface area contributed by atoms with Crippen molar-refractivity contribution >= 4 is 38.3 Å². The van der Waals surface area contributed by atoms with E-state index in [-0.39, 0.29) is 21.3 Å². The maximum absolute atomic E-state index is 13.0. The first-order chi connectivity index (χ1) is 11.2. The van der Waals surface area contributed by atoms with Crippen molar-refractivity contribution in [1.82, 2.24) is 9.13 Å². The normalized spacial score (nSPS) is 11.8. The van der Waals surface area contributed by atoms with E-state index in [0.717, 1.165) is 24.3 Å². The average Bonchev–Trinajstić information content (AvgIpc) is 2.73. The largest absolute Gasteiger partial charge is 0.328 e. The molecule has 3 rings (SSSR count). The summed E-state index contributed by atoms with van der Waals surface area (Å²) in [6, 6.07) is 7.42. The van der Waals surface area contributed by atoms with Gasteiger partial charge in [-0.25, -0.2) is 17.6 Å². The Labute approximate surface area is 142 Å². The third kappa shape index (κ3) is 2.67. The molecule has 0 spiro atoms. The van der Waals surface area contributed by atoms with Crippen LogP contribution in [0.15, 0.2) is 46.1 Å². The van der Waals surface area contributed by atoms with E-state index in [1.165, 1.54) is 21.3 Å². The Bertz CT molecular complexity index is 1100. The van der Waals surface area contributed by atoms with Crippen LogP contribution >= 0.6 is 11.6 Å². The van der Waals surface area contributed by atoms with E-state index in [0.29, 0.717) is 11.0 Å². The number of fused-ring (bicyclic) bond motifs is 1. The number of rotatable bonds is 3. The van der Waals surface area contributed by atoms with E-state index in [1.54, 1.807) is 14.1 Å². The molecule has 1 N–H and O–H groups in total. The fraction of sp³-hybridized carbons (Fsp3) is 0.133. The van der Waals surface area contributed by atoms with Crippen molar-refractivity contribution in [2.24, 2.45) is 14.1 Å². The third-order valence-corrected chi connectivity index (χ3v) is 5.42. The number of nitrogens with zero attached hydrogens (tertiary/aromatic N) is 2. The topological polar surface area (TPSA) is 73.1 Å². The predicted molar refractivity (Wildman–Crippen MR) is 90.4 cm³/mol. The number of hydrogen-bond acceptors (Lipinski definition) is 3. The Morgan fingerprint density at radius 1 is 1.04 bits per heavy atom. The Hall–Kier alpha value is -2.32. The minimum absolute atomic E-state index is 0.0954. The summed E-state index contributed by atoms with van der Waals surface area (Å²) in [7, 11) is -0.752. The minimum Gasteiger partial charge on any atom is -0.295 e. The van der Waals surface area contributed by atoms with Gasteiger partial charge in [0.1, 0.15) is 5.82 Å². The SMILES string of the molecule is Cn1c(=O)n(C)c2cc(NS(=O)(=O)c3ccc(F)cc3)c(Cl)cc21. The lowest BCUT2D eigenvalue weighted by atomic mass is 10.3. The average molecular weight is 370 g/mol. The maximum atomic E-state index is 13.0. The van der Waals surface area contributed by atoms with Crippen LogP contribution in [0.3, 0.4) is 0 Å². The molecule has 0 bridgehead atoms. The van der Waals surface area contributed by atoms with Gasteiger partial charge < -0.3 is 0 Å². The van der Waals surface area contributed by atoms with Crippen molar-refractivity contribution in [3.63, 3.8) is 0 Å². The Morgan fingerprint density at radius 3 is 2.17 bits per heavy atom. The lowest BCUT2D eigenvalue weighted by Crippen LogP contribution is -2.19. The molecule has 0 aliphatic rings. The van der Waals surface area contributed by atoms with Gasteiger partial charge >= 0.3 is 5.69 Å². The fourth-order valence-electron chi connectivity index (χ4n) is 2.42. The molecule has 0 aliphatic carbocycles. The molecular formula is C15H13ClFN3O3S. The van der Waals surface area contributed by atoms with Crippen LogP contribution in [0.25, 0.3) is 11.0 Å². The van der Waals surface area contributed by atoms with Crippen LogP contribution in [0.4, 0.5) is 10.1 Å². The monoisotopic (exact) mass is 369 g/mol. The summed E-state index contributed by atoms with van der Waals surface area (Å²) >= 11 is 6.14. The first-order valence-electron chi connectivity index (χ1n) is 6.84. The van der Waals surface area contributed by atoms with Crippen LogP contribution in [-0.4, -0.2) is 17.6 Å². The van der Waals surface area contributed by atoms with Gasteiger partial charge in [-0.1, -0.05) is 11.6 Å². The molecule has 6 nitrogen and oxygen atoms in total. The van der Waals surface area contributed by atoms with Crippen molar-refractivity contribution in [2.45, 2.75) is 4.90 Å². The Kier molecular flexibility index (Phi) is 3.89. The Balaban J connectivity index is 2.10. The lowest BCUT2D eigenvalue weighted by molar-refractivity contribution is 0.599. The van der Waals surface area contributed by atoms with Gasteiger partial charge in [0.2, 0.25) is 0 Å². The van der Waals surface area contributed by atoms with Gasteiger partial charge in [0.25, 0.3) is 10.0 Å². The van der Waals surface area contributed by atoms with Crippen LogP contribution < -0.4 is 10.4 Å². The van der Waals surface area contributed by atoms with E-state index in [4.69, 9.17) is 11.6 Å². The molecule has 3 aromatic rings. The molecule has 0 saturated heterocycles. The van der Waals surface area contributed by atoms with Crippen molar-refractivity contribution in [1.29, 1.82) is 0 Å². The number of nitrogens with one attached hydrogen (secondary N) is 1. The zero-order chi connectivity index (χ0) is 17.6. The molecule has 9 heteroatoms. The molecule has 24 heavy (non-hydrogen) atoms. The van der Waals surface area contributed by atoms with E-state index >= 15 is 0 Å². The summed E-state index contributed by atoms with van der Waals surface area (Å²) in [4.78, 5) is 11.9. The molecular weight excluding hydrogens is 357 g/mol. The van der Waals surface area contributed by atoms with Gasteiger partial charge in [-0.05, 0) is 36.4 Å². The van der Waals surface area contributed by atoms with Crippen molar-refractivity contribution in [3.8, 4) is 0 Å². The number of hydrogen-bond donors (Lipinski definition) is 1. The number of anilines is 1. The van der Waals surface area contributed by atoms with Gasteiger partial charge in [-0.3, -0.25) is 13.9 Å². The molecule has 2 aromatic carbocycles. The highest BCUT2D eigenvalue weighted by atomic mass is 35.5. The molecule has 0 radical (unpaired) electrons. The second-order valence-corrected chi connectivity index (χ2v) is 7.37. The minimum atomic E-state index is -3.93. The summed E-state index contributed by atoms with van der Waals surface area (Å²) in [5, 5.41) is 0.148. The standard InChI is InChI=1S/C15H13ClFN3O3S/c1-19-13-7-11(16)12(8-14(13)20(2)15(19)21)18-24(22,23)10-5-3-9(17)4-6-10/h3-8,18H,1-2H3. The summed E-state index contributed by atoms with van der Waals surface area (Å²) in [5.74, 6) is -0.535. The summed E-state index contributed by atoms with van der Waals surface area (Å²) in [6.45, 7) is 0. The molecule has 0 aliphatic heterocycles. The summed E-state index contributed by atoms with van der Waals surface area (Å²) in [6.07, 6.45) is 0. The van der Waals surface area contributed by atoms with Crippen molar-refractivity contribution in [3.05, 3.63) is 57.7 Å². The summed E-state index contributed by atoms with van der Waals surface area (Å²) < 4.78 is 42.9. The lowest BCUT2D eigenvalue weighted by Gasteiger charge is -2.10. The van der Waals surface area contributed by atoms with Crippen LogP contribution in [0.1, 0.15) is 0 Å². The Morgan fingerprint density at radius 2 is 1.58 bits per heavy atom. The highest BCUT2D eigenvalue weighted by molar-refractivity contribution is 7.92. The first-order valence-corrected chi connectivity index (χ1v) is 8.70. The van der Waals surface area contributed by atoms with Gasteiger partial charge in [0.15, 0.2) is 0 Å². The molecule has 0 fully saturated rings. The molecule has 126 valence electrons. The second kappa shape index (κ2) is 5.64. The van der Waals surface area contributed by atoms with Gasteiger partial charge in [-0.15, -0.1) is 0 Å². The van der Waals surface area contributed by atoms with E-state index in [9.17, 15) is 17.6 Å². The van der Waals surface area contributed by atoms with E-state index in [1.807, 2.05) is 0 Å². The smallest absolute Gasteiger partial charge is 0.295 e. The van der Waals surface area contributed by atoms with Crippen LogP contribution in [0.5, 0.6) is 0 Å². The van der Waals surface area contributed by atoms with Gasteiger partial charge in [0.05, 0.1) is 26.6 Å². The quantitative estimate of drug-likeness (QED) is 0.770. The number of aryl methyl sites for hydroxylation is 2. The summed E-state index contributed by atoms with van der Waals surface area (Å²) in [5.41, 5.74) is 0.996. The zero-order valence-electron chi connectivity index (χ0n) is 12.7. The molecule has 0 amide bonds. The van der Waals surface area contributed by atoms with Crippen molar-refractivity contribution < 1.29 is 12.8 Å². The van der Waals surface area contributed by atoms with Crippen LogP contribution in [-0.2, 0) is 24.1 Å². The molecule has 0 atom stereocenters. The maximum Gasteiger partial charge on any atom is 0.328 e. The number of benzene rings is 2. The number of halogens is 2. The highest BCUT2D eigenvalue weighted by Gasteiger charge is 2.18. The molecule has 1 heterocycles.